The average molecular weight is 250 g/mol. The third kappa shape index (κ3) is 2.98. The maximum Gasteiger partial charge on any atom is 0.162 e. The molecule has 0 fully saturated rings. The lowest BCUT2D eigenvalue weighted by atomic mass is 9.89. The minimum absolute atomic E-state index is 0.548. The first-order valence-corrected chi connectivity index (χ1v) is 6.88. The fourth-order valence-corrected chi connectivity index (χ4v) is 2.55. The molecule has 0 spiro atoms. The molecule has 0 amide bonds. The molecule has 18 heavy (non-hydrogen) atoms. The van der Waals surface area contributed by atoms with Gasteiger partial charge < -0.3 is 0 Å². The molecule has 0 saturated carbocycles. The molecule has 1 aliphatic carbocycles. The monoisotopic (exact) mass is 250 g/mol. The zero-order chi connectivity index (χ0) is 13.0. The lowest BCUT2D eigenvalue weighted by Crippen LogP contribution is -2.04. The zero-order valence-electron chi connectivity index (χ0n) is 10.9. The van der Waals surface area contributed by atoms with Crippen LogP contribution in [0.1, 0.15) is 56.6 Å². The van der Waals surface area contributed by atoms with Crippen molar-refractivity contribution in [2.24, 2.45) is 0 Å². The van der Waals surface area contributed by atoms with Gasteiger partial charge in [-0.1, -0.05) is 43.9 Å². The summed E-state index contributed by atoms with van der Waals surface area (Å²) in [5.74, 6) is -1.39. The zero-order valence-corrected chi connectivity index (χ0v) is 10.9. The number of fused-ring (bicyclic) bond motifs is 1. The van der Waals surface area contributed by atoms with E-state index in [1.54, 1.807) is 6.07 Å². The molecule has 0 unspecified atom stereocenters. The minimum Gasteiger partial charge on any atom is -0.204 e. The van der Waals surface area contributed by atoms with Crippen LogP contribution in [0.3, 0.4) is 0 Å². The number of allylic oxidation sites excluding steroid dienone is 1. The Labute approximate surface area is 108 Å². The Kier molecular flexibility index (Phi) is 4.51. The second-order valence-electron chi connectivity index (χ2n) is 5.04. The van der Waals surface area contributed by atoms with Crippen LogP contribution >= 0.6 is 0 Å². The molecule has 0 aliphatic heterocycles. The Morgan fingerprint density at radius 1 is 1.06 bits per heavy atom. The summed E-state index contributed by atoms with van der Waals surface area (Å²) in [6.45, 7) is 2.20. The third-order valence-electron chi connectivity index (χ3n) is 3.64. The van der Waals surface area contributed by atoms with Gasteiger partial charge in [-0.2, -0.15) is 0 Å². The van der Waals surface area contributed by atoms with Crippen molar-refractivity contribution in [2.45, 2.75) is 51.9 Å². The summed E-state index contributed by atoms with van der Waals surface area (Å²) in [4.78, 5) is 0. The maximum atomic E-state index is 13.6. The number of unbranched alkanes of at least 4 members (excludes halogenated alkanes) is 3. The van der Waals surface area contributed by atoms with E-state index < -0.39 is 11.6 Å². The summed E-state index contributed by atoms with van der Waals surface area (Å²) >= 11 is 0. The smallest absolute Gasteiger partial charge is 0.162 e. The molecule has 1 aromatic rings. The number of rotatable bonds is 5. The average Bonchev–Trinajstić information content (AvgIpc) is 2.39. The summed E-state index contributed by atoms with van der Waals surface area (Å²) in [5.41, 5.74) is 2.79. The van der Waals surface area contributed by atoms with E-state index in [1.165, 1.54) is 37.3 Å². The molecule has 0 N–H and O–H groups in total. The summed E-state index contributed by atoms with van der Waals surface area (Å²) in [5, 5.41) is 0. The molecular weight excluding hydrogens is 230 g/mol. The van der Waals surface area contributed by atoms with E-state index in [1.807, 2.05) is 6.08 Å². The van der Waals surface area contributed by atoms with Crippen LogP contribution in [0.5, 0.6) is 0 Å². The molecule has 1 aliphatic rings. The number of halogens is 2. The number of hydrogen-bond acceptors (Lipinski definition) is 0. The van der Waals surface area contributed by atoms with Gasteiger partial charge in [0.15, 0.2) is 11.6 Å². The second-order valence-corrected chi connectivity index (χ2v) is 5.04. The van der Waals surface area contributed by atoms with Gasteiger partial charge in [-0.15, -0.1) is 0 Å². The highest BCUT2D eigenvalue weighted by Gasteiger charge is 2.16. The summed E-state index contributed by atoms with van der Waals surface area (Å²) in [6, 6.07) is 2.92. The van der Waals surface area contributed by atoms with Crippen molar-refractivity contribution in [3.05, 3.63) is 40.5 Å². The van der Waals surface area contributed by atoms with Gasteiger partial charge >= 0.3 is 0 Å². The van der Waals surface area contributed by atoms with E-state index >= 15 is 0 Å². The Morgan fingerprint density at radius 2 is 1.89 bits per heavy atom. The van der Waals surface area contributed by atoms with Crippen molar-refractivity contribution in [3.8, 4) is 0 Å². The highest BCUT2D eigenvalue weighted by molar-refractivity contribution is 5.59. The Morgan fingerprint density at radius 3 is 2.67 bits per heavy atom. The summed E-state index contributed by atoms with van der Waals surface area (Å²) in [7, 11) is 0. The SMILES string of the molecule is CCCCCCC1=Cc2ccc(F)c(F)c2CC1. The summed E-state index contributed by atoms with van der Waals surface area (Å²) < 4.78 is 26.7. The molecule has 2 rings (SSSR count). The van der Waals surface area contributed by atoms with E-state index in [0.717, 1.165) is 18.4 Å². The van der Waals surface area contributed by atoms with Gasteiger partial charge in [-0.3, -0.25) is 0 Å². The lowest BCUT2D eigenvalue weighted by Gasteiger charge is -2.17. The predicted octanol–water partition coefficient (Wildman–Crippen LogP) is 5.26. The standard InChI is InChI=1S/C16H20F2/c1-2-3-4-5-6-12-7-9-14-13(11-12)8-10-15(17)16(14)18/h8,10-11H,2-7,9H2,1H3. The number of benzene rings is 1. The van der Waals surface area contributed by atoms with Crippen molar-refractivity contribution in [3.63, 3.8) is 0 Å². The van der Waals surface area contributed by atoms with Crippen LogP contribution < -0.4 is 0 Å². The van der Waals surface area contributed by atoms with Gasteiger partial charge in [0.05, 0.1) is 0 Å². The molecule has 0 aromatic heterocycles. The molecule has 0 radical (unpaired) electrons. The second kappa shape index (κ2) is 6.12. The van der Waals surface area contributed by atoms with Crippen molar-refractivity contribution in [2.75, 3.05) is 0 Å². The topological polar surface area (TPSA) is 0 Å². The molecular formula is C16H20F2. The van der Waals surface area contributed by atoms with Crippen LogP contribution in [0, 0.1) is 11.6 Å². The molecule has 98 valence electrons. The van der Waals surface area contributed by atoms with Gasteiger partial charge in [0.1, 0.15) is 0 Å². The van der Waals surface area contributed by atoms with Crippen LogP contribution in [0.2, 0.25) is 0 Å². The van der Waals surface area contributed by atoms with Crippen LogP contribution in [-0.2, 0) is 6.42 Å². The fraction of sp³-hybridized carbons (Fsp3) is 0.500. The first kappa shape index (κ1) is 13.3. The van der Waals surface area contributed by atoms with Gasteiger partial charge in [0, 0.05) is 0 Å². The quantitative estimate of drug-likeness (QED) is 0.625. The van der Waals surface area contributed by atoms with Crippen LogP contribution in [0.4, 0.5) is 8.78 Å². The van der Waals surface area contributed by atoms with E-state index in [0.29, 0.717) is 12.0 Å². The molecule has 0 saturated heterocycles. The largest absolute Gasteiger partial charge is 0.204 e. The van der Waals surface area contributed by atoms with Gasteiger partial charge in [-0.05, 0) is 42.9 Å². The first-order valence-electron chi connectivity index (χ1n) is 6.88. The molecule has 0 nitrogen and oxygen atoms in total. The highest BCUT2D eigenvalue weighted by Crippen LogP contribution is 2.29. The molecule has 1 aromatic carbocycles. The summed E-state index contributed by atoms with van der Waals surface area (Å²) in [6.07, 6.45) is 9.65. The predicted molar refractivity (Wildman–Crippen MR) is 71.4 cm³/mol. The van der Waals surface area contributed by atoms with Crippen molar-refractivity contribution in [1.82, 2.24) is 0 Å². The Bertz CT molecular complexity index is 447. The van der Waals surface area contributed by atoms with Gasteiger partial charge in [0.25, 0.3) is 0 Å². The van der Waals surface area contributed by atoms with Crippen molar-refractivity contribution < 1.29 is 8.78 Å². The van der Waals surface area contributed by atoms with Gasteiger partial charge in [-0.25, -0.2) is 8.78 Å². The third-order valence-corrected chi connectivity index (χ3v) is 3.64. The maximum absolute atomic E-state index is 13.6. The van der Waals surface area contributed by atoms with Crippen LogP contribution in [0.25, 0.3) is 6.08 Å². The lowest BCUT2D eigenvalue weighted by molar-refractivity contribution is 0.497. The normalized spacial score (nSPS) is 14.3. The van der Waals surface area contributed by atoms with E-state index in [-0.39, 0.29) is 0 Å². The number of hydrogen-bond donors (Lipinski definition) is 0. The van der Waals surface area contributed by atoms with E-state index in [4.69, 9.17) is 0 Å². The minimum atomic E-state index is -0.728. The van der Waals surface area contributed by atoms with Crippen LogP contribution in [-0.4, -0.2) is 0 Å². The van der Waals surface area contributed by atoms with Crippen LogP contribution in [0.15, 0.2) is 17.7 Å². The van der Waals surface area contributed by atoms with Crippen molar-refractivity contribution >= 4 is 6.08 Å². The first-order chi connectivity index (χ1) is 8.72. The Balaban J connectivity index is 2.04. The van der Waals surface area contributed by atoms with Crippen molar-refractivity contribution in [1.29, 1.82) is 0 Å². The molecule has 0 bridgehead atoms. The van der Waals surface area contributed by atoms with E-state index in [9.17, 15) is 8.78 Å². The Hall–Kier alpha value is -1.18. The van der Waals surface area contributed by atoms with E-state index in [2.05, 4.69) is 6.92 Å². The fourth-order valence-electron chi connectivity index (χ4n) is 2.55. The highest BCUT2D eigenvalue weighted by atomic mass is 19.2. The molecule has 2 heteroatoms. The molecule has 0 atom stereocenters. The van der Waals surface area contributed by atoms with Gasteiger partial charge in [0.2, 0.25) is 0 Å². The molecule has 0 heterocycles.